The fourth-order valence-electron chi connectivity index (χ4n) is 0.547. The van der Waals surface area contributed by atoms with Crippen LogP contribution in [0.25, 0.3) is 0 Å². The van der Waals surface area contributed by atoms with Gasteiger partial charge in [-0.25, -0.2) is 0 Å². The van der Waals surface area contributed by atoms with E-state index in [4.69, 9.17) is 0 Å². The fraction of sp³-hybridized carbons (Fsp3) is 0.400. The minimum atomic E-state index is 0.583. The van der Waals surface area contributed by atoms with Gasteiger partial charge in [-0.15, -0.1) is 0 Å². The second-order valence-corrected chi connectivity index (χ2v) is 1.90. The van der Waals surface area contributed by atoms with Crippen molar-refractivity contribution >= 4 is 12.3 Å². The summed E-state index contributed by atoms with van der Waals surface area (Å²) in [7, 11) is 0. The summed E-state index contributed by atoms with van der Waals surface area (Å²) in [4.78, 5) is 4.05. The van der Waals surface area contributed by atoms with Gasteiger partial charge in [-0.3, -0.25) is 4.99 Å². The smallest absolute Gasteiger partial charge is 0.217 e. The molecule has 0 saturated heterocycles. The van der Waals surface area contributed by atoms with Gasteiger partial charge in [0.15, 0.2) is 0 Å². The van der Waals surface area contributed by atoms with E-state index in [-0.39, 0.29) is 0 Å². The maximum atomic E-state index is 4.05. The Morgan fingerprint density at radius 3 is 2.57 bits per heavy atom. The first kappa shape index (κ1) is 4.63. The first-order chi connectivity index (χ1) is 3.30. The maximum absolute atomic E-state index is 4.05. The van der Waals surface area contributed by atoms with E-state index >= 15 is 0 Å². The largest absolute Gasteiger partial charge is 0.277 e. The summed E-state index contributed by atoms with van der Waals surface area (Å²) >= 11 is 0. The molecule has 1 heterocycles. The molecule has 0 fully saturated rings. The Hall–Kier alpha value is -0.525. The highest BCUT2D eigenvalue weighted by Gasteiger charge is 2.08. The molecule has 0 aromatic rings. The van der Waals surface area contributed by atoms with Gasteiger partial charge < -0.3 is 0 Å². The zero-order valence-corrected chi connectivity index (χ0v) is 4.68. The third-order valence-electron chi connectivity index (χ3n) is 1.31. The standard InChI is InChI=1S/C5H8BN/c1-5-6(2)3-4-7-5/h3-4H,1-2H3. The molecule has 0 aliphatic carbocycles. The minimum Gasteiger partial charge on any atom is -0.277 e. The highest BCUT2D eigenvalue weighted by Crippen LogP contribution is 1.97. The zero-order valence-electron chi connectivity index (χ0n) is 4.68. The summed E-state index contributed by atoms with van der Waals surface area (Å²) in [5.41, 5.74) is 1.22. The van der Waals surface area contributed by atoms with Crippen LogP contribution in [-0.2, 0) is 0 Å². The Labute approximate surface area is 44.2 Å². The molecular formula is C5H8BN. The SMILES string of the molecule is CB1C=CN=C1C. The van der Waals surface area contributed by atoms with Crippen LogP contribution >= 0.6 is 0 Å². The van der Waals surface area contributed by atoms with Crippen molar-refractivity contribution in [1.29, 1.82) is 0 Å². The number of aliphatic imine (C=N–C) groups is 1. The molecule has 0 aromatic carbocycles. The van der Waals surface area contributed by atoms with Gasteiger partial charge in [-0.05, 0) is 12.5 Å². The highest BCUT2D eigenvalue weighted by molar-refractivity contribution is 6.94. The third-order valence-corrected chi connectivity index (χ3v) is 1.31. The second kappa shape index (κ2) is 1.53. The molecular weight excluding hydrogens is 84.9 g/mol. The molecule has 0 bridgehead atoms. The van der Waals surface area contributed by atoms with Crippen LogP contribution in [0.4, 0.5) is 0 Å². The number of rotatable bonds is 0. The van der Waals surface area contributed by atoms with E-state index in [1.165, 1.54) is 5.61 Å². The van der Waals surface area contributed by atoms with Crippen molar-refractivity contribution in [3.63, 3.8) is 0 Å². The molecule has 1 nitrogen and oxygen atoms in total. The normalized spacial score (nSPS) is 18.0. The molecule has 0 saturated carbocycles. The molecule has 0 radical (unpaired) electrons. The van der Waals surface area contributed by atoms with Crippen LogP contribution in [0, 0.1) is 0 Å². The Morgan fingerprint density at radius 1 is 1.71 bits per heavy atom. The van der Waals surface area contributed by atoms with Crippen molar-refractivity contribution in [3.8, 4) is 0 Å². The van der Waals surface area contributed by atoms with Crippen LogP contribution in [0.1, 0.15) is 6.92 Å². The van der Waals surface area contributed by atoms with Gasteiger partial charge in [0.05, 0.1) is 0 Å². The Balaban J connectivity index is 2.69. The van der Waals surface area contributed by atoms with Gasteiger partial charge in [-0.1, -0.05) is 12.8 Å². The molecule has 0 spiro atoms. The maximum Gasteiger partial charge on any atom is 0.217 e. The van der Waals surface area contributed by atoms with E-state index in [1.807, 2.05) is 13.1 Å². The molecule has 1 rings (SSSR count). The van der Waals surface area contributed by atoms with Gasteiger partial charge in [0.25, 0.3) is 0 Å². The van der Waals surface area contributed by atoms with Crippen LogP contribution in [0.5, 0.6) is 0 Å². The molecule has 1 aliphatic heterocycles. The Bertz CT molecular complexity index is 126. The van der Waals surface area contributed by atoms with Crippen molar-refractivity contribution in [2.24, 2.45) is 4.99 Å². The number of hydrogen-bond donors (Lipinski definition) is 0. The van der Waals surface area contributed by atoms with Crippen molar-refractivity contribution in [3.05, 3.63) is 12.2 Å². The second-order valence-electron chi connectivity index (χ2n) is 1.90. The molecule has 1 aliphatic rings. The van der Waals surface area contributed by atoms with E-state index in [2.05, 4.69) is 17.8 Å². The number of nitrogens with zero attached hydrogens (tertiary/aromatic N) is 1. The van der Waals surface area contributed by atoms with Gasteiger partial charge in [0.2, 0.25) is 6.71 Å². The van der Waals surface area contributed by atoms with Crippen molar-refractivity contribution in [1.82, 2.24) is 0 Å². The molecule has 0 aromatic heterocycles. The molecule has 0 unspecified atom stereocenters. The lowest BCUT2D eigenvalue weighted by atomic mass is 9.50. The van der Waals surface area contributed by atoms with Crippen LogP contribution in [0.3, 0.4) is 0 Å². The lowest BCUT2D eigenvalue weighted by molar-refractivity contribution is 1.60. The summed E-state index contributed by atoms with van der Waals surface area (Å²) < 4.78 is 0. The Morgan fingerprint density at radius 2 is 2.43 bits per heavy atom. The van der Waals surface area contributed by atoms with E-state index < -0.39 is 0 Å². The Kier molecular flexibility index (Phi) is 1.01. The lowest BCUT2D eigenvalue weighted by Crippen LogP contribution is -2.11. The summed E-state index contributed by atoms with van der Waals surface area (Å²) in [5, 5.41) is 0. The van der Waals surface area contributed by atoms with E-state index in [0.717, 1.165) is 0 Å². The van der Waals surface area contributed by atoms with Crippen molar-refractivity contribution in [2.75, 3.05) is 0 Å². The minimum absolute atomic E-state index is 0.583. The molecule has 0 amide bonds. The fourth-order valence-corrected chi connectivity index (χ4v) is 0.547. The molecule has 0 atom stereocenters. The van der Waals surface area contributed by atoms with Crippen LogP contribution < -0.4 is 0 Å². The summed E-state index contributed by atoms with van der Waals surface area (Å²) in [6, 6.07) is 0. The summed E-state index contributed by atoms with van der Waals surface area (Å²) in [6.07, 6.45) is 1.86. The van der Waals surface area contributed by atoms with Crippen molar-refractivity contribution in [2.45, 2.75) is 13.7 Å². The van der Waals surface area contributed by atoms with Crippen LogP contribution in [0.2, 0.25) is 6.82 Å². The van der Waals surface area contributed by atoms with Gasteiger partial charge in [-0.2, -0.15) is 0 Å². The average molecular weight is 92.9 g/mol. The van der Waals surface area contributed by atoms with Crippen LogP contribution in [-0.4, -0.2) is 12.3 Å². The predicted octanol–water partition coefficient (Wildman–Crippen LogP) is 1.18. The quantitative estimate of drug-likeness (QED) is 0.398. The number of hydrogen-bond acceptors (Lipinski definition) is 1. The van der Waals surface area contributed by atoms with Gasteiger partial charge >= 0.3 is 0 Å². The van der Waals surface area contributed by atoms with Gasteiger partial charge in [0.1, 0.15) is 0 Å². The lowest BCUT2D eigenvalue weighted by Gasteiger charge is -1.88. The highest BCUT2D eigenvalue weighted by atomic mass is 14.7. The van der Waals surface area contributed by atoms with E-state index in [1.54, 1.807) is 0 Å². The van der Waals surface area contributed by atoms with Crippen molar-refractivity contribution < 1.29 is 0 Å². The van der Waals surface area contributed by atoms with Gasteiger partial charge in [0, 0.05) is 6.20 Å². The summed E-state index contributed by atoms with van der Waals surface area (Å²) in [5.74, 6) is 2.09. The third kappa shape index (κ3) is 0.736. The van der Waals surface area contributed by atoms with E-state index in [0.29, 0.717) is 6.71 Å². The predicted molar refractivity (Wildman–Crippen MR) is 33.9 cm³/mol. The molecule has 36 valence electrons. The topological polar surface area (TPSA) is 12.4 Å². The zero-order chi connectivity index (χ0) is 5.28. The summed E-state index contributed by atoms with van der Waals surface area (Å²) in [6.45, 7) is 4.77. The average Bonchev–Trinajstić information content (AvgIpc) is 1.91. The molecule has 0 N–H and O–H groups in total. The molecule has 2 heteroatoms. The monoisotopic (exact) mass is 93.1 g/mol. The first-order valence-electron chi connectivity index (χ1n) is 2.51. The van der Waals surface area contributed by atoms with Crippen LogP contribution in [0.15, 0.2) is 17.2 Å². The van der Waals surface area contributed by atoms with E-state index in [9.17, 15) is 0 Å². The first-order valence-corrected chi connectivity index (χ1v) is 2.51. The molecule has 7 heavy (non-hydrogen) atoms.